The van der Waals surface area contributed by atoms with E-state index in [1.807, 2.05) is 37.1 Å². The molecule has 6 nitrogen and oxygen atoms in total. The maximum atomic E-state index is 12.4. The molecule has 1 unspecified atom stereocenters. The van der Waals surface area contributed by atoms with E-state index >= 15 is 0 Å². The molecule has 1 saturated heterocycles. The summed E-state index contributed by atoms with van der Waals surface area (Å²) in [5.74, 6) is 1.97. The number of nitrogens with one attached hydrogen (secondary N) is 1. The number of benzene rings is 1. The highest BCUT2D eigenvalue weighted by molar-refractivity contribution is 5.78. The number of carbonyl (C=O) groups is 1. The summed E-state index contributed by atoms with van der Waals surface area (Å²) in [5, 5.41) is 3.07. The van der Waals surface area contributed by atoms with Gasteiger partial charge in [0, 0.05) is 50.7 Å². The lowest BCUT2D eigenvalue weighted by Gasteiger charge is -2.36. The summed E-state index contributed by atoms with van der Waals surface area (Å²) in [4.78, 5) is 16.7. The van der Waals surface area contributed by atoms with Gasteiger partial charge in [0.05, 0.1) is 14.2 Å². The average Bonchev–Trinajstić information content (AvgIpc) is 2.62. The zero-order valence-corrected chi connectivity index (χ0v) is 15.2. The van der Waals surface area contributed by atoms with Crippen molar-refractivity contribution in [2.24, 2.45) is 5.92 Å². The Kier molecular flexibility index (Phi) is 6.87. The van der Waals surface area contributed by atoms with Gasteiger partial charge in [-0.15, -0.1) is 0 Å². The van der Waals surface area contributed by atoms with Crippen LogP contribution in [0.2, 0.25) is 0 Å². The Morgan fingerprint density at radius 2 is 1.92 bits per heavy atom. The van der Waals surface area contributed by atoms with E-state index in [1.54, 1.807) is 14.2 Å². The molecule has 1 amide bonds. The third-order valence-electron chi connectivity index (χ3n) is 4.50. The van der Waals surface area contributed by atoms with Crippen LogP contribution in [0.5, 0.6) is 11.5 Å². The number of ether oxygens (including phenoxy) is 2. The van der Waals surface area contributed by atoms with Crippen LogP contribution >= 0.6 is 0 Å². The SMILES string of the molecule is CNCC(C)C(=O)N1CCN(Cc2cc(OC)ccc2OC)CC1. The summed E-state index contributed by atoms with van der Waals surface area (Å²) in [7, 11) is 5.23. The monoisotopic (exact) mass is 335 g/mol. The predicted molar refractivity (Wildman–Crippen MR) is 94.5 cm³/mol. The van der Waals surface area contributed by atoms with Gasteiger partial charge in [-0.2, -0.15) is 0 Å². The maximum Gasteiger partial charge on any atom is 0.226 e. The van der Waals surface area contributed by atoms with Crippen molar-refractivity contribution in [3.63, 3.8) is 0 Å². The van der Waals surface area contributed by atoms with Crippen molar-refractivity contribution in [2.45, 2.75) is 13.5 Å². The minimum Gasteiger partial charge on any atom is -0.497 e. The summed E-state index contributed by atoms with van der Waals surface area (Å²) >= 11 is 0. The average molecular weight is 335 g/mol. The van der Waals surface area contributed by atoms with Crippen LogP contribution in [0.3, 0.4) is 0 Å². The molecule has 0 aromatic heterocycles. The van der Waals surface area contributed by atoms with Gasteiger partial charge < -0.3 is 19.7 Å². The van der Waals surface area contributed by atoms with E-state index in [0.29, 0.717) is 0 Å². The quantitative estimate of drug-likeness (QED) is 0.812. The van der Waals surface area contributed by atoms with Crippen LogP contribution in [0.15, 0.2) is 18.2 Å². The Morgan fingerprint density at radius 1 is 1.21 bits per heavy atom. The fourth-order valence-electron chi connectivity index (χ4n) is 3.08. The highest BCUT2D eigenvalue weighted by Crippen LogP contribution is 2.25. The molecule has 1 aliphatic heterocycles. The molecule has 6 heteroatoms. The number of methoxy groups -OCH3 is 2. The van der Waals surface area contributed by atoms with Crippen LogP contribution in [0.4, 0.5) is 0 Å². The number of amides is 1. The highest BCUT2D eigenvalue weighted by Gasteiger charge is 2.25. The molecule has 0 saturated carbocycles. The molecular formula is C18H29N3O3. The van der Waals surface area contributed by atoms with E-state index in [-0.39, 0.29) is 11.8 Å². The number of carbonyl (C=O) groups excluding carboxylic acids is 1. The summed E-state index contributed by atoms with van der Waals surface area (Å²) in [5.41, 5.74) is 1.11. The smallest absolute Gasteiger partial charge is 0.226 e. The number of hydrogen-bond donors (Lipinski definition) is 1. The van der Waals surface area contributed by atoms with Crippen molar-refractivity contribution in [1.29, 1.82) is 0 Å². The second-order valence-electron chi connectivity index (χ2n) is 6.24. The van der Waals surface area contributed by atoms with Crippen LogP contribution in [0.1, 0.15) is 12.5 Å². The molecule has 24 heavy (non-hydrogen) atoms. The Hall–Kier alpha value is -1.79. The molecule has 1 aromatic carbocycles. The molecule has 1 aliphatic rings. The number of nitrogens with zero attached hydrogens (tertiary/aromatic N) is 2. The van der Waals surface area contributed by atoms with E-state index in [9.17, 15) is 4.79 Å². The highest BCUT2D eigenvalue weighted by atomic mass is 16.5. The lowest BCUT2D eigenvalue weighted by Crippen LogP contribution is -2.50. The number of hydrogen-bond acceptors (Lipinski definition) is 5. The van der Waals surface area contributed by atoms with Gasteiger partial charge in [0.25, 0.3) is 0 Å². The van der Waals surface area contributed by atoms with Crippen molar-refractivity contribution < 1.29 is 14.3 Å². The molecule has 1 aromatic rings. The minimum atomic E-state index is 0.0278. The van der Waals surface area contributed by atoms with Gasteiger partial charge in [0.2, 0.25) is 5.91 Å². The van der Waals surface area contributed by atoms with Crippen LogP contribution in [0, 0.1) is 5.92 Å². The second-order valence-corrected chi connectivity index (χ2v) is 6.24. The van der Waals surface area contributed by atoms with Crippen molar-refractivity contribution in [1.82, 2.24) is 15.1 Å². The molecule has 1 N–H and O–H groups in total. The van der Waals surface area contributed by atoms with Gasteiger partial charge in [-0.3, -0.25) is 9.69 Å². The number of piperazine rings is 1. The minimum absolute atomic E-state index is 0.0278. The molecule has 0 bridgehead atoms. The van der Waals surface area contributed by atoms with E-state index in [1.165, 1.54) is 0 Å². The topological polar surface area (TPSA) is 54.0 Å². The lowest BCUT2D eigenvalue weighted by molar-refractivity contribution is -0.136. The molecular weight excluding hydrogens is 306 g/mol. The molecule has 1 fully saturated rings. The Bertz CT molecular complexity index is 542. The Labute approximate surface area is 144 Å². The Balaban J connectivity index is 1.92. The van der Waals surface area contributed by atoms with E-state index in [2.05, 4.69) is 10.2 Å². The Morgan fingerprint density at radius 3 is 2.50 bits per heavy atom. The largest absolute Gasteiger partial charge is 0.497 e. The van der Waals surface area contributed by atoms with Gasteiger partial charge in [-0.05, 0) is 25.2 Å². The first-order valence-electron chi connectivity index (χ1n) is 8.45. The lowest BCUT2D eigenvalue weighted by atomic mass is 10.1. The molecule has 1 atom stereocenters. The fourth-order valence-corrected chi connectivity index (χ4v) is 3.08. The normalized spacial score (nSPS) is 16.8. The van der Waals surface area contributed by atoms with E-state index in [4.69, 9.17) is 9.47 Å². The molecule has 1 heterocycles. The first-order valence-corrected chi connectivity index (χ1v) is 8.45. The molecule has 0 spiro atoms. The van der Waals surface area contributed by atoms with Crippen LogP contribution in [0.25, 0.3) is 0 Å². The van der Waals surface area contributed by atoms with Gasteiger partial charge in [-0.1, -0.05) is 6.92 Å². The van der Waals surface area contributed by atoms with E-state index in [0.717, 1.165) is 56.3 Å². The van der Waals surface area contributed by atoms with Crippen molar-refractivity contribution in [2.75, 3.05) is 54.0 Å². The van der Waals surface area contributed by atoms with Gasteiger partial charge >= 0.3 is 0 Å². The van der Waals surface area contributed by atoms with Gasteiger partial charge in [0.15, 0.2) is 0 Å². The molecule has 134 valence electrons. The second kappa shape index (κ2) is 8.89. The zero-order valence-electron chi connectivity index (χ0n) is 15.2. The first-order chi connectivity index (χ1) is 11.6. The van der Waals surface area contributed by atoms with Crippen molar-refractivity contribution in [3.8, 4) is 11.5 Å². The van der Waals surface area contributed by atoms with E-state index < -0.39 is 0 Å². The summed E-state index contributed by atoms with van der Waals surface area (Å²) in [6.45, 7) is 6.80. The van der Waals surface area contributed by atoms with Crippen LogP contribution < -0.4 is 14.8 Å². The summed E-state index contributed by atoms with van der Waals surface area (Å²) in [6, 6.07) is 5.86. The van der Waals surface area contributed by atoms with Crippen molar-refractivity contribution >= 4 is 5.91 Å². The third kappa shape index (κ3) is 4.61. The van der Waals surface area contributed by atoms with Crippen LogP contribution in [-0.4, -0.2) is 69.7 Å². The molecule has 2 rings (SSSR count). The van der Waals surface area contributed by atoms with Crippen LogP contribution in [-0.2, 0) is 11.3 Å². The fraction of sp³-hybridized carbons (Fsp3) is 0.611. The molecule has 0 aliphatic carbocycles. The standard InChI is InChI=1S/C18H29N3O3/c1-14(12-19-2)18(22)21-9-7-20(8-10-21)13-15-11-16(23-3)5-6-17(15)24-4/h5-6,11,14,19H,7-10,12-13H2,1-4H3. The third-order valence-corrected chi connectivity index (χ3v) is 4.50. The number of rotatable bonds is 7. The zero-order chi connectivity index (χ0) is 17.5. The van der Waals surface area contributed by atoms with Gasteiger partial charge in [-0.25, -0.2) is 0 Å². The summed E-state index contributed by atoms with van der Waals surface area (Å²) < 4.78 is 10.8. The maximum absolute atomic E-state index is 12.4. The first kappa shape index (κ1) is 18.5. The van der Waals surface area contributed by atoms with Gasteiger partial charge in [0.1, 0.15) is 11.5 Å². The molecule has 0 radical (unpaired) electrons. The predicted octanol–water partition coefficient (Wildman–Crippen LogP) is 1.20. The summed E-state index contributed by atoms with van der Waals surface area (Å²) in [6.07, 6.45) is 0. The van der Waals surface area contributed by atoms with Crippen molar-refractivity contribution in [3.05, 3.63) is 23.8 Å².